The minimum atomic E-state index is -0.150. The maximum Gasteiger partial charge on any atom is 0.271 e. The van der Waals surface area contributed by atoms with Crippen LogP contribution in [0.4, 0.5) is 0 Å². The van der Waals surface area contributed by atoms with Crippen molar-refractivity contribution in [2.75, 3.05) is 6.61 Å². The van der Waals surface area contributed by atoms with Gasteiger partial charge in [0.1, 0.15) is 5.69 Å². The molecule has 1 aromatic rings. The first-order valence-corrected chi connectivity index (χ1v) is 6.41. The Labute approximate surface area is 108 Å². The monoisotopic (exact) mass is 253 g/mol. The fourth-order valence-corrected chi connectivity index (χ4v) is 1.90. The molecule has 5 heteroatoms. The number of aliphatic hydroxyl groups is 1. The third kappa shape index (κ3) is 3.84. The van der Waals surface area contributed by atoms with Gasteiger partial charge in [-0.1, -0.05) is 13.8 Å². The minimum absolute atomic E-state index is 0.0501. The predicted octanol–water partition coefficient (Wildman–Crippen LogP) is 1.43. The highest BCUT2D eigenvalue weighted by atomic mass is 16.3. The average molecular weight is 253 g/mol. The molecular formula is C13H23N3O2. The molecule has 1 aromatic heterocycles. The molecule has 18 heavy (non-hydrogen) atoms. The van der Waals surface area contributed by atoms with Crippen molar-refractivity contribution in [3.8, 4) is 0 Å². The lowest BCUT2D eigenvalue weighted by Crippen LogP contribution is -2.33. The van der Waals surface area contributed by atoms with E-state index in [0.717, 1.165) is 12.1 Å². The first kappa shape index (κ1) is 14.7. The molecule has 102 valence electrons. The van der Waals surface area contributed by atoms with E-state index >= 15 is 0 Å². The number of hydrogen-bond donors (Lipinski definition) is 2. The third-order valence-electron chi connectivity index (χ3n) is 2.91. The zero-order valence-corrected chi connectivity index (χ0v) is 11.6. The summed E-state index contributed by atoms with van der Waals surface area (Å²) in [5.41, 5.74) is 1.50. The molecule has 0 aromatic carbocycles. The largest absolute Gasteiger partial charge is 0.396 e. The highest BCUT2D eigenvalue weighted by Gasteiger charge is 2.16. The van der Waals surface area contributed by atoms with E-state index in [2.05, 4.69) is 24.3 Å². The van der Waals surface area contributed by atoms with Crippen LogP contribution in [0.15, 0.2) is 6.07 Å². The fourth-order valence-electron chi connectivity index (χ4n) is 1.90. The number of nitrogens with one attached hydrogen (secondary N) is 1. The Balaban J connectivity index is 2.64. The van der Waals surface area contributed by atoms with E-state index in [1.807, 2.05) is 20.0 Å². The van der Waals surface area contributed by atoms with Crippen LogP contribution in [0.1, 0.15) is 55.7 Å². The number of amides is 1. The summed E-state index contributed by atoms with van der Waals surface area (Å²) < 4.78 is 1.75. The highest BCUT2D eigenvalue weighted by Crippen LogP contribution is 2.14. The van der Waals surface area contributed by atoms with Gasteiger partial charge in [0.05, 0.1) is 0 Å². The van der Waals surface area contributed by atoms with Crippen molar-refractivity contribution < 1.29 is 9.90 Å². The second kappa shape index (κ2) is 6.54. The predicted molar refractivity (Wildman–Crippen MR) is 70.5 cm³/mol. The summed E-state index contributed by atoms with van der Waals surface area (Å²) in [6, 6.07) is 1.88. The van der Waals surface area contributed by atoms with E-state index in [9.17, 15) is 4.79 Å². The van der Waals surface area contributed by atoms with Crippen molar-refractivity contribution in [2.24, 2.45) is 7.05 Å². The van der Waals surface area contributed by atoms with E-state index in [1.54, 1.807) is 4.68 Å². The molecule has 0 aliphatic carbocycles. The summed E-state index contributed by atoms with van der Waals surface area (Å²) >= 11 is 0. The van der Waals surface area contributed by atoms with Crippen molar-refractivity contribution in [1.82, 2.24) is 15.1 Å². The zero-order valence-electron chi connectivity index (χ0n) is 11.6. The van der Waals surface area contributed by atoms with E-state index in [0.29, 0.717) is 18.0 Å². The van der Waals surface area contributed by atoms with Crippen LogP contribution < -0.4 is 5.32 Å². The van der Waals surface area contributed by atoms with Crippen LogP contribution in [-0.4, -0.2) is 33.4 Å². The molecule has 0 fully saturated rings. The fraction of sp³-hybridized carbons (Fsp3) is 0.692. The Hall–Kier alpha value is -1.36. The Kier molecular flexibility index (Phi) is 5.34. The Morgan fingerprint density at radius 2 is 2.17 bits per heavy atom. The molecule has 0 bridgehead atoms. The van der Waals surface area contributed by atoms with Gasteiger partial charge in [-0.25, -0.2) is 0 Å². The number of carbonyl (C=O) groups is 1. The number of hydrogen-bond acceptors (Lipinski definition) is 3. The van der Waals surface area contributed by atoms with Crippen LogP contribution in [0.3, 0.4) is 0 Å². The lowest BCUT2D eigenvalue weighted by Gasteiger charge is -2.11. The molecule has 0 spiro atoms. The molecule has 0 radical (unpaired) electrons. The Morgan fingerprint density at radius 3 is 2.67 bits per heavy atom. The molecule has 0 aliphatic rings. The smallest absolute Gasteiger partial charge is 0.271 e. The van der Waals surface area contributed by atoms with Gasteiger partial charge in [-0.3, -0.25) is 9.48 Å². The van der Waals surface area contributed by atoms with Crippen LogP contribution in [0, 0.1) is 0 Å². The van der Waals surface area contributed by atoms with Crippen LogP contribution in [-0.2, 0) is 7.05 Å². The van der Waals surface area contributed by atoms with Crippen molar-refractivity contribution in [3.63, 3.8) is 0 Å². The SMILES string of the molecule is CC(C)c1cc(C(=O)N[C@@H](C)CCCO)nn1C. The summed E-state index contributed by atoms with van der Waals surface area (Å²) in [4.78, 5) is 12.0. The quantitative estimate of drug-likeness (QED) is 0.806. The van der Waals surface area contributed by atoms with Crippen molar-refractivity contribution in [3.05, 3.63) is 17.5 Å². The highest BCUT2D eigenvalue weighted by molar-refractivity contribution is 5.92. The summed E-state index contributed by atoms with van der Waals surface area (Å²) in [6.45, 7) is 6.23. The van der Waals surface area contributed by atoms with Gasteiger partial charge in [0, 0.05) is 25.4 Å². The van der Waals surface area contributed by atoms with Gasteiger partial charge in [0.15, 0.2) is 0 Å². The van der Waals surface area contributed by atoms with Gasteiger partial charge in [-0.2, -0.15) is 5.10 Å². The number of aryl methyl sites for hydroxylation is 1. The van der Waals surface area contributed by atoms with Crippen LogP contribution in [0.25, 0.3) is 0 Å². The van der Waals surface area contributed by atoms with Crippen LogP contribution in [0.2, 0.25) is 0 Å². The van der Waals surface area contributed by atoms with E-state index < -0.39 is 0 Å². The molecule has 0 saturated carbocycles. The van der Waals surface area contributed by atoms with Crippen molar-refractivity contribution >= 4 is 5.91 Å². The molecule has 1 heterocycles. The summed E-state index contributed by atoms with van der Waals surface area (Å²) in [5.74, 6) is 0.193. The summed E-state index contributed by atoms with van der Waals surface area (Å²) in [7, 11) is 1.85. The molecule has 0 saturated heterocycles. The normalized spacial score (nSPS) is 12.8. The summed E-state index contributed by atoms with van der Waals surface area (Å²) in [6.07, 6.45) is 1.47. The second-order valence-corrected chi connectivity index (χ2v) is 4.97. The first-order chi connectivity index (χ1) is 8.45. The Bertz CT molecular complexity index is 399. The lowest BCUT2D eigenvalue weighted by atomic mass is 10.1. The van der Waals surface area contributed by atoms with Gasteiger partial charge in [-0.15, -0.1) is 0 Å². The van der Waals surface area contributed by atoms with Crippen LogP contribution in [0.5, 0.6) is 0 Å². The van der Waals surface area contributed by atoms with Gasteiger partial charge in [0.2, 0.25) is 0 Å². The average Bonchev–Trinajstić information content (AvgIpc) is 2.68. The zero-order chi connectivity index (χ0) is 13.7. The molecular weight excluding hydrogens is 230 g/mol. The standard InChI is InChI=1S/C13H23N3O2/c1-9(2)12-8-11(15-16(12)4)13(18)14-10(3)6-5-7-17/h8-10,17H,5-7H2,1-4H3,(H,14,18)/t10-/m0/s1. The van der Waals surface area contributed by atoms with E-state index in [-0.39, 0.29) is 18.6 Å². The van der Waals surface area contributed by atoms with Crippen molar-refractivity contribution in [1.29, 1.82) is 0 Å². The van der Waals surface area contributed by atoms with Crippen molar-refractivity contribution in [2.45, 2.75) is 45.6 Å². The lowest BCUT2D eigenvalue weighted by molar-refractivity contribution is 0.0930. The van der Waals surface area contributed by atoms with E-state index in [4.69, 9.17) is 5.11 Å². The number of rotatable bonds is 6. The van der Waals surface area contributed by atoms with Gasteiger partial charge in [-0.05, 0) is 31.7 Å². The maximum absolute atomic E-state index is 12.0. The number of aromatic nitrogens is 2. The number of nitrogens with zero attached hydrogens (tertiary/aromatic N) is 2. The maximum atomic E-state index is 12.0. The Morgan fingerprint density at radius 1 is 1.50 bits per heavy atom. The third-order valence-corrected chi connectivity index (χ3v) is 2.91. The number of carbonyl (C=O) groups excluding carboxylic acids is 1. The summed E-state index contributed by atoms with van der Waals surface area (Å²) in [5, 5.41) is 15.8. The second-order valence-electron chi connectivity index (χ2n) is 4.97. The molecule has 1 amide bonds. The topological polar surface area (TPSA) is 67.2 Å². The van der Waals surface area contributed by atoms with Crippen LogP contribution >= 0.6 is 0 Å². The molecule has 0 aliphatic heterocycles. The first-order valence-electron chi connectivity index (χ1n) is 6.41. The van der Waals surface area contributed by atoms with E-state index in [1.165, 1.54) is 0 Å². The van der Waals surface area contributed by atoms with Gasteiger partial charge >= 0.3 is 0 Å². The molecule has 0 unspecified atom stereocenters. The number of aliphatic hydroxyl groups excluding tert-OH is 1. The molecule has 1 rings (SSSR count). The molecule has 5 nitrogen and oxygen atoms in total. The minimum Gasteiger partial charge on any atom is -0.396 e. The molecule has 2 N–H and O–H groups in total. The molecule has 1 atom stereocenters. The van der Waals surface area contributed by atoms with Gasteiger partial charge < -0.3 is 10.4 Å². The van der Waals surface area contributed by atoms with Gasteiger partial charge in [0.25, 0.3) is 5.91 Å².